The number of rotatable bonds is 15. The molecule has 0 aliphatic carbocycles. The van der Waals surface area contributed by atoms with Gasteiger partial charge in [0.15, 0.2) is 0 Å². The van der Waals surface area contributed by atoms with Gasteiger partial charge in [0.05, 0.1) is 17.4 Å². The molecule has 3 heterocycles. The van der Waals surface area contributed by atoms with Crippen molar-refractivity contribution >= 4 is 17.7 Å². The SMILES string of the molecule is C=CCN(C)C(=O)[C@H]1[C@H]2C(=O)N(CCCCCO)C(C(=O)N(CC=C)C(C)CCC)C23CC[C@]1(CC)O3. The fourth-order valence-corrected chi connectivity index (χ4v) is 7.06. The second-order valence-electron chi connectivity index (χ2n) is 11.1. The molecule has 3 rings (SSSR count). The second-order valence-corrected chi connectivity index (χ2v) is 11.1. The van der Waals surface area contributed by atoms with Gasteiger partial charge in [-0.1, -0.05) is 32.4 Å². The van der Waals surface area contributed by atoms with Crippen molar-refractivity contribution in [1.29, 1.82) is 0 Å². The molecule has 3 unspecified atom stereocenters. The number of likely N-dealkylation sites (N-methyl/N-ethyl adjacent to an activating group) is 1. The fraction of sp³-hybridized carbons (Fsp3) is 0.759. The van der Waals surface area contributed by atoms with E-state index < -0.39 is 29.1 Å². The van der Waals surface area contributed by atoms with Crippen molar-refractivity contribution in [3.8, 4) is 0 Å². The lowest BCUT2D eigenvalue weighted by Gasteiger charge is -2.39. The fourth-order valence-electron chi connectivity index (χ4n) is 7.06. The predicted molar refractivity (Wildman–Crippen MR) is 144 cm³/mol. The van der Waals surface area contributed by atoms with Crippen LogP contribution in [0.3, 0.4) is 0 Å². The van der Waals surface area contributed by atoms with E-state index in [9.17, 15) is 19.5 Å². The lowest BCUT2D eigenvalue weighted by Crippen LogP contribution is -2.58. The third kappa shape index (κ3) is 4.99. The minimum atomic E-state index is -1.01. The van der Waals surface area contributed by atoms with E-state index in [1.165, 1.54) is 0 Å². The molecule has 0 aromatic carbocycles. The van der Waals surface area contributed by atoms with Crippen LogP contribution in [0.5, 0.6) is 0 Å². The summed E-state index contributed by atoms with van der Waals surface area (Å²) in [6.45, 7) is 15.1. The van der Waals surface area contributed by atoms with E-state index in [2.05, 4.69) is 20.1 Å². The number of aliphatic hydroxyl groups excluding tert-OH is 1. The molecule has 0 saturated carbocycles. The van der Waals surface area contributed by atoms with Crippen molar-refractivity contribution in [2.75, 3.05) is 33.3 Å². The first-order valence-corrected chi connectivity index (χ1v) is 14.1. The zero-order valence-corrected chi connectivity index (χ0v) is 23.3. The van der Waals surface area contributed by atoms with Crippen molar-refractivity contribution in [3.05, 3.63) is 25.3 Å². The minimum Gasteiger partial charge on any atom is -0.396 e. The maximum absolute atomic E-state index is 14.4. The van der Waals surface area contributed by atoms with Gasteiger partial charge >= 0.3 is 0 Å². The van der Waals surface area contributed by atoms with E-state index in [0.29, 0.717) is 51.7 Å². The van der Waals surface area contributed by atoms with Crippen LogP contribution in [0.4, 0.5) is 0 Å². The number of nitrogens with zero attached hydrogens (tertiary/aromatic N) is 3. The number of amides is 3. The zero-order chi connectivity index (χ0) is 27.4. The zero-order valence-electron chi connectivity index (χ0n) is 23.3. The van der Waals surface area contributed by atoms with Crippen molar-refractivity contribution in [2.45, 2.75) is 95.4 Å². The van der Waals surface area contributed by atoms with E-state index in [4.69, 9.17) is 4.74 Å². The lowest BCUT2D eigenvalue weighted by molar-refractivity contribution is -0.155. The summed E-state index contributed by atoms with van der Waals surface area (Å²) in [6, 6.07) is -0.776. The first-order valence-electron chi connectivity index (χ1n) is 14.1. The Morgan fingerprint density at radius 2 is 1.86 bits per heavy atom. The van der Waals surface area contributed by atoms with Crippen LogP contribution in [-0.4, -0.2) is 94.1 Å². The molecule has 3 aliphatic heterocycles. The van der Waals surface area contributed by atoms with Gasteiger partial charge in [0.25, 0.3) is 0 Å². The summed E-state index contributed by atoms with van der Waals surface area (Å²) in [5, 5.41) is 9.24. The summed E-state index contributed by atoms with van der Waals surface area (Å²) in [5.41, 5.74) is -1.76. The predicted octanol–water partition coefficient (Wildman–Crippen LogP) is 3.15. The van der Waals surface area contributed by atoms with Crippen molar-refractivity contribution < 1.29 is 24.2 Å². The first-order chi connectivity index (χ1) is 17.7. The summed E-state index contributed by atoms with van der Waals surface area (Å²) >= 11 is 0. The van der Waals surface area contributed by atoms with E-state index in [1.54, 1.807) is 29.0 Å². The Labute approximate surface area is 222 Å². The van der Waals surface area contributed by atoms with Gasteiger partial charge in [-0.15, -0.1) is 13.2 Å². The Hall–Kier alpha value is -2.19. The number of ether oxygens (including phenoxy) is 1. The Morgan fingerprint density at radius 3 is 2.46 bits per heavy atom. The van der Waals surface area contributed by atoms with Crippen LogP contribution in [0.1, 0.15) is 72.1 Å². The maximum atomic E-state index is 14.4. The molecule has 8 heteroatoms. The average molecular weight is 518 g/mol. The second kappa shape index (κ2) is 12.1. The number of fused-ring (bicyclic) bond motifs is 1. The van der Waals surface area contributed by atoms with Gasteiger partial charge in [-0.25, -0.2) is 0 Å². The Morgan fingerprint density at radius 1 is 1.16 bits per heavy atom. The molecular formula is C29H47N3O5. The summed E-state index contributed by atoms with van der Waals surface area (Å²) in [4.78, 5) is 47.5. The van der Waals surface area contributed by atoms with Crippen molar-refractivity contribution in [2.24, 2.45) is 11.8 Å². The molecule has 1 spiro atoms. The molecule has 1 N–H and O–H groups in total. The van der Waals surface area contributed by atoms with Crippen LogP contribution in [0.25, 0.3) is 0 Å². The van der Waals surface area contributed by atoms with Crippen LogP contribution < -0.4 is 0 Å². The monoisotopic (exact) mass is 517 g/mol. The molecule has 6 atom stereocenters. The standard InChI is InChI=1S/C29H47N3O5/c1-7-14-21(5)31(18-9-3)27(36)24-29-16-15-28(10-4,37-29)22(25(34)30(6)17-8-2)23(29)26(35)32(24)19-12-11-13-20-33/h8-9,21-24,33H,2-3,7,10-20H2,1,4-6H3/t21?,22-,23+,24?,28+,29?/m1/s1. The quantitative estimate of drug-likeness (QED) is 0.266. The average Bonchev–Trinajstić information content (AvgIpc) is 3.48. The molecule has 3 aliphatic rings. The maximum Gasteiger partial charge on any atom is 0.248 e. The number of aliphatic hydroxyl groups is 1. The van der Waals surface area contributed by atoms with Gasteiger partial charge < -0.3 is 24.5 Å². The van der Waals surface area contributed by atoms with Gasteiger partial charge in [-0.2, -0.15) is 0 Å². The highest BCUT2D eigenvalue weighted by Gasteiger charge is 2.78. The number of hydrogen-bond acceptors (Lipinski definition) is 5. The van der Waals surface area contributed by atoms with Gasteiger partial charge in [-0.05, 0) is 51.9 Å². The highest BCUT2D eigenvalue weighted by Crippen LogP contribution is 2.64. The molecular weight excluding hydrogens is 470 g/mol. The topological polar surface area (TPSA) is 90.4 Å². The summed E-state index contributed by atoms with van der Waals surface area (Å²) < 4.78 is 6.86. The van der Waals surface area contributed by atoms with Crippen LogP contribution in [0, 0.1) is 11.8 Å². The van der Waals surface area contributed by atoms with Crippen LogP contribution in [0.15, 0.2) is 25.3 Å². The molecule has 8 nitrogen and oxygen atoms in total. The van der Waals surface area contributed by atoms with Crippen molar-refractivity contribution in [1.82, 2.24) is 14.7 Å². The van der Waals surface area contributed by atoms with Gasteiger partial charge in [0.1, 0.15) is 11.6 Å². The molecule has 3 amide bonds. The number of hydrogen-bond donors (Lipinski definition) is 1. The highest BCUT2D eigenvalue weighted by molar-refractivity contribution is 5.99. The number of carbonyl (C=O) groups is 3. The Bertz CT molecular complexity index is 878. The van der Waals surface area contributed by atoms with E-state index in [-0.39, 0.29) is 30.4 Å². The summed E-state index contributed by atoms with van der Waals surface area (Å²) in [5.74, 6) is -1.68. The summed E-state index contributed by atoms with van der Waals surface area (Å²) in [6.07, 6.45) is 9.12. The van der Waals surface area contributed by atoms with Gasteiger partial charge in [0.2, 0.25) is 17.7 Å². The largest absolute Gasteiger partial charge is 0.396 e. The third-order valence-corrected chi connectivity index (χ3v) is 8.86. The minimum absolute atomic E-state index is 0.00724. The highest BCUT2D eigenvalue weighted by atomic mass is 16.5. The Balaban J connectivity index is 2.07. The molecule has 37 heavy (non-hydrogen) atoms. The Kier molecular flexibility index (Phi) is 9.62. The van der Waals surface area contributed by atoms with Gasteiger partial charge in [0, 0.05) is 39.3 Å². The number of likely N-dealkylation sites (tertiary alicyclic amines) is 1. The first kappa shape index (κ1) is 29.4. The molecule has 0 aromatic heterocycles. The molecule has 208 valence electrons. The van der Waals surface area contributed by atoms with E-state index in [0.717, 1.165) is 19.3 Å². The molecule has 3 fully saturated rings. The lowest BCUT2D eigenvalue weighted by atomic mass is 9.64. The van der Waals surface area contributed by atoms with E-state index in [1.807, 2.05) is 18.7 Å². The number of unbranched alkanes of at least 4 members (excludes halogenated alkanes) is 2. The van der Waals surface area contributed by atoms with Crippen LogP contribution in [-0.2, 0) is 19.1 Å². The third-order valence-electron chi connectivity index (χ3n) is 8.86. The molecule has 0 radical (unpaired) electrons. The number of carbonyl (C=O) groups excluding carboxylic acids is 3. The molecule has 0 aromatic rings. The molecule has 2 bridgehead atoms. The van der Waals surface area contributed by atoms with Gasteiger partial charge in [-0.3, -0.25) is 14.4 Å². The normalized spacial score (nSPS) is 30.8. The van der Waals surface area contributed by atoms with E-state index >= 15 is 0 Å². The van der Waals surface area contributed by atoms with Crippen LogP contribution >= 0.6 is 0 Å². The molecule has 3 saturated heterocycles. The summed E-state index contributed by atoms with van der Waals surface area (Å²) in [7, 11) is 1.74. The van der Waals surface area contributed by atoms with Crippen molar-refractivity contribution in [3.63, 3.8) is 0 Å². The van der Waals surface area contributed by atoms with Crippen LogP contribution in [0.2, 0.25) is 0 Å². The smallest absolute Gasteiger partial charge is 0.248 e.